The van der Waals surface area contributed by atoms with Crippen molar-refractivity contribution in [3.8, 4) is 0 Å². The number of carbonyl (C=O) groups is 1. The van der Waals surface area contributed by atoms with Crippen LogP contribution in [0.25, 0.3) is 0 Å². The Balaban J connectivity index is 2.25. The van der Waals surface area contributed by atoms with Gasteiger partial charge in [0.25, 0.3) is 0 Å². The molecule has 0 bridgehead atoms. The first kappa shape index (κ1) is 11.7. The van der Waals surface area contributed by atoms with Gasteiger partial charge in [-0.3, -0.25) is 0 Å². The Kier molecular flexibility index (Phi) is 3.15. The molecule has 0 aliphatic carbocycles. The van der Waals surface area contributed by atoms with Gasteiger partial charge in [0.05, 0.1) is 0 Å². The maximum atomic E-state index is 10.8. The molecule has 0 atom stereocenters. The van der Waals surface area contributed by atoms with Gasteiger partial charge in [0.2, 0.25) is 0 Å². The van der Waals surface area contributed by atoms with Crippen molar-refractivity contribution >= 4 is 17.6 Å². The Hall–Kier alpha value is -1.81. The number of aromatic amines is 1. The maximum absolute atomic E-state index is 10.8. The number of aromatic carboxylic acids is 1. The average molecular weight is 251 g/mol. The SMILES string of the molecule is Cc1[nH]c(Cc2cccc(Cl)c2)nc1C(=O)O. The van der Waals surface area contributed by atoms with Crippen LogP contribution in [0.2, 0.25) is 5.02 Å². The number of halogens is 1. The van der Waals surface area contributed by atoms with Crippen molar-refractivity contribution < 1.29 is 9.90 Å². The summed E-state index contributed by atoms with van der Waals surface area (Å²) in [6.07, 6.45) is 0.536. The highest BCUT2D eigenvalue weighted by Crippen LogP contribution is 2.14. The van der Waals surface area contributed by atoms with Gasteiger partial charge < -0.3 is 10.1 Å². The number of carboxylic acids is 1. The Bertz CT molecular complexity index is 563. The van der Waals surface area contributed by atoms with Gasteiger partial charge in [0.1, 0.15) is 5.82 Å². The number of nitrogens with zero attached hydrogens (tertiary/aromatic N) is 1. The first-order valence-electron chi connectivity index (χ1n) is 5.09. The van der Waals surface area contributed by atoms with Gasteiger partial charge >= 0.3 is 5.97 Å². The molecule has 0 amide bonds. The lowest BCUT2D eigenvalue weighted by atomic mass is 10.1. The summed E-state index contributed by atoms with van der Waals surface area (Å²) < 4.78 is 0. The van der Waals surface area contributed by atoms with E-state index in [1.807, 2.05) is 18.2 Å². The summed E-state index contributed by atoms with van der Waals surface area (Å²) in [5, 5.41) is 9.54. The topological polar surface area (TPSA) is 66.0 Å². The summed E-state index contributed by atoms with van der Waals surface area (Å²) in [4.78, 5) is 17.8. The number of benzene rings is 1. The molecule has 1 heterocycles. The average Bonchev–Trinajstić information content (AvgIpc) is 2.59. The van der Waals surface area contributed by atoms with E-state index in [4.69, 9.17) is 16.7 Å². The number of carboxylic acid groups (broad SMARTS) is 1. The van der Waals surface area contributed by atoms with Gasteiger partial charge in [-0.2, -0.15) is 0 Å². The first-order valence-corrected chi connectivity index (χ1v) is 5.47. The monoisotopic (exact) mass is 250 g/mol. The first-order chi connectivity index (χ1) is 8.06. The van der Waals surface area contributed by atoms with Crippen LogP contribution in [-0.2, 0) is 6.42 Å². The molecule has 4 nitrogen and oxygen atoms in total. The molecule has 1 aromatic carbocycles. The van der Waals surface area contributed by atoms with Gasteiger partial charge in [-0.25, -0.2) is 9.78 Å². The summed E-state index contributed by atoms with van der Waals surface area (Å²) in [5.74, 6) is -0.390. The van der Waals surface area contributed by atoms with E-state index in [-0.39, 0.29) is 5.69 Å². The number of H-pyrrole nitrogens is 1. The van der Waals surface area contributed by atoms with Crippen molar-refractivity contribution in [1.29, 1.82) is 0 Å². The molecule has 0 aliphatic rings. The quantitative estimate of drug-likeness (QED) is 0.880. The number of aryl methyl sites for hydroxylation is 1. The predicted molar refractivity (Wildman–Crippen MR) is 64.5 cm³/mol. The van der Waals surface area contributed by atoms with E-state index in [0.29, 0.717) is 23.0 Å². The molecule has 0 saturated heterocycles. The fourth-order valence-electron chi connectivity index (χ4n) is 1.65. The third kappa shape index (κ3) is 2.65. The van der Waals surface area contributed by atoms with Crippen LogP contribution in [0.15, 0.2) is 24.3 Å². The van der Waals surface area contributed by atoms with E-state index in [2.05, 4.69) is 9.97 Å². The highest BCUT2D eigenvalue weighted by Gasteiger charge is 2.13. The molecule has 0 radical (unpaired) electrons. The van der Waals surface area contributed by atoms with Gasteiger partial charge in [-0.1, -0.05) is 23.7 Å². The van der Waals surface area contributed by atoms with Crippen LogP contribution in [0, 0.1) is 6.92 Å². The lowest BCUT2D eigenvalue weighted by Crippen LogP contribution is -1.99. The summed E-state index contributed by atoms with van der Waals surface area (Å²) >= 11 is 5.87. The van der Waals surface area contributed by atoms with Crippen molar-refractivity contribution in [2.45, 2.75) is 13.3 Å². The predicted octanol–water partition coefficient (Wildman–Crippen LogP) is 2.66. The minimum absolute atomic E-state index is 0.0713. The number of nitrogens with one attached hydrogen (secondary N) is 1. The third-order valence-corrected chi connectivity index (χ3v) is 2.63. The van der Waals surface area contributed by atoms with Crippen LogP contribution in [0.3, 0.4) is 0 Å². The summed E-state index contributed by atoms with van der Waals surface area (Å²) in [6, 6.07) is 7.40. The second kappa shape index (κ2) is 4.59. The Morgan fingerprint density at radius 1 is 1.53 bits per heavy atom. The minimum atomic E-state index is -1.02. The molecule has 0 saturated carbocycles. The Morgan fingerprint density at radius 2 is 2.29 bits per heavy atom. The minimum Gasteiger partial charge on any atom is -0.476 e. The van der Waals surface area contributed by atoms with Crippen LogP contribution in [0.5, 0.6) is 0 Å². The van der Waals surface area contributed by atoms with E-state index < -0.39 is 5.97 Å². The highest BCUT2D eigenvalue weighted by atomic mass is 35.5. The van der Waals surface area contributed by atoms with Gasteiger partial charge in [0, 0.05) is 17.1 Å². The van der Waals surface area contributed by atoms with Crippen LogP contribution >= 0.6 is 11.6 Å². The molecule has 2 rings (SSSR count). The van der Waals surface area contributed by atoms with Crippen LogP contribution in [0.4, 0.5) is 0 Å². The Morgan fingerprint density at radius 3 is 2.88 bits per heavy atom. The molecule has 0 unspecified atom stereocenters. The fourth-order valence-corrected chi connectivity index (χ4v) is 1.87. The Labute approximate surface area is 103 Å². The van der Waals surface area contributed by atoms with Gasteiger partial charge in [-0.05, 0) is 24.6 Å². The molecular formula is C12H11ClN2O2. The van der Waals surface area contributed by atoms with E-state index in [1.54, 1.807) is 13.0 Å². The second-order valence-electron chi connectivity index (χ2n) is 3.77. The largest absolute Gasteiger partial charge is 0.476 e. The number of aromatic nitrogens is 2. The van der Waals surface area contributed by atoms with Crippen LogP contribution in [-0.4, -0.2) is 21.0 Å². The molecular weight excluding hydrogens is 240 g/mol. The van der Waals surface area contributed by atoms with E-state index in [1.165, 1.54) is 0 Å². The van der Waals surface area contributed by atoms with Crippen molar-refractivity contribution in [2.75, 3.05) is 0 Å². The molecule has 88 valence electrons. The van der Waals surface area contributed by atoms with E-state index >= 15 is 0 Å². The summed E-state index contributed by atoms with van der Waals surface area (Å²) in [6.45, 7) is 1.69. The lowest BCUT2D eigenvalue weighted by molar-refractivity contribution is 0.0690. The molecule has 0 aliphatic heterocycles. The fraction of sp³-hybridized carbons (Fsp3) is 0.167. The van der Waals surface area contributed by atoms with E-state index in [0.717, 1.165) is 5.56 Å². The molecule has 0 fully saturated rings. The zero-order valence-electron chi connectivity index (χ0n) is 9.20. The van der Waals surface area contributed by atoms with Crippen LogP contribution < -0.4 is 0 Å². The zero-order valence-corrected chi connectivity index (χ0v) is 9.95. The van der Waals surface area contributed by atoms with Crippen molar-refractivity contribution in [3.05, 3.63) is 52.1 Å². The third-order valence-electron chi connectivity index (χ3n) is 2.40. The molecule has 5 heteroatoms. The second-order valence-corrected chi connectivity index (χ2v) is 4.21. The zero-order chi connectivity index (χ0) is 12.4. The number of hydrogen-bond acceptors (Lipinski definition) is 2. The van der Waals surface area contributed by atoms with Crippen LogP contribution in [0.1, 0.15) is 27.6 Å². The molecule has 1 aromatic heterocycles. The molecule has 17 heavy (non-hydrogen) atoms. The standard InChI is InChI=1S/C12H11ClN2O2/c1-7-11(12(16)17)15-10(14-7)6-8-3-2-4-9(13)5-8/h2-5H,6H2,1H3,(H,14,15)(H,16,17). The van der Waals surface area contributed by atoms with E-state index in [9.17, 15) is 4.79 Å². The van der Waals surface area contributed by atoms with Crippen molar-refractivity contribution in [2.24, 2.45) is 0 Å². The molecule has 2 aromatic rings. The summed E-state index contributed by atoms with van der Waals surface area (Å²) in [5.41, 5.74) is 1.62. The molecule has 2 N–H and O–H groups in total. The normalized spacial score (nSPS) is 10.5. The van der Waals surface area contributed by atoms with Crippen molar-refractivity contribution in [1.82, 2.24) is 9.97 Å². The van der Waals surface area contributed by atoms with Gasteiger partial charge in [-0.15, -0.1) is 0 Å². The summed E-state index contributed by atoms with van der Waals surface area (Å²) in [7, 11) is 0. The number of rotatable bonds is 3. The number of imidazole rings is 1. The highest BCUT2D eigenvalue weighted by molar-refractivity contribution is 6.30. The van der Waals surface area contributed by atoms with Gasteiger partial charge in [0.15, 0.2) is 5.69 Å². The molecule has 0 spiro atoms. The maximum Gasteiger partial charge on any atom is 0.356 e. The smallest absolute Gasteiger partial charge is 0.356 e. The van der Waals surface area contributed by atoms with Crippen molar-refractivity contribution in [3.63, 3.8) is 0 Å². The lowest BCUT2D eigenvalue weighted by Gasteiger charge is -1.98. The number of hydrogen-bond donors (Lipinski definition) is 2.